The summed E-state index contributed by atoms with van der Waals surface area (Å²) in [5.74, 6) is -0.532. The predicted octanol–water partition coefficient (Wildman–Crippen LogP) is 0.929. The van der Waals surface area contributed by atoms with Crippen LogP contribution in [0.25, 0.3) is 0 Å². The summed E-state index contributed by atoms with van der Waals surface area (Å²) < 4.78 is 2.07. The molecule has 6 heteroatoms. The third-order valence-corrected chi connectivity index (χ3v) is 4.77. The number of aryl methyl sites for hydroxylation is 2. The van der Waals surface area contributed by atoms with E-state index in [1.165, 1.54) is 0 Å². The molecule has 0 unspecified atom stereocenters. The molecule has 1 aromatic heterocycles. The number of likely N-dealkylation sites (tertiary alicyclic amines) is 1. The third-order valence-electron chi connectivity index (χ3n) is 4.77. The molecule has 6 nitrogen and oxygen atoms in total. The Bertz CT molecular complexity index is 580. The Morgan fingerprint density at radius 2 is 1.90 bits per heavy atom. The second-order valence-corrected chi connectivity index (χ2v) is 6.34. The monoisotopic (exact) mass is 290 g/mol. The molecule has 2 amide bonds. The van der Waals surface area contributed by atoms with Gasteiger partial charge in [-0.2, -0.15) is 5.10 Å². The minimum Gasteiger partial charge on any atom is -0.369 e. The lowest BCUT2D eigenvalue weighted by Gasteiger charge is -2.34. The van der Waals surface area contributed by atoms with Crippen molar-refractivity contribution < 1.29 is 9.59 Å². The van der Waals surface area contributed by atoms with Crippen molar-refractivity contribution in [3.63, 3.8) is 0 Å². The molecule has 0 atom stereocenters. The molecule has 1 aliphatic carbocycles. The standard InChI is InChI=1S/C15H22N4O2/c1-10-9-11(2)19(17-10)12-3-7-18(8-4-12)14(21)15(5-6-15)13(16)20/h9,12H,3-8H2,1-2H3,(H2,16,20). The molecule has 2 aliphatic rings. The number of carbonyl (C=O) groups is 2. The molecule has 3 rings (SSSR count). The molecule has 0 spiro atoms. The van der Waals surface area contributed by atoms with Gasteiger partial charge in [0.15, 0.2) is 0 Å². The van der Waals surface area contributed by atoms with Crippen LogP contribution < -0.4 is 5.73 Å². The molecular weight excluding hydrogens is 268 g/mol. The van der Waals surface area contributed by atoms with Crippen LogP contribution in [-0.2, 0) is 9.59 Å². The van der Waals surface area contributed by atoms with E-state index in [1.54, 1.807) is 4.90 Å². The van der Waals surface area contributed by atoms with Gasteiger partial charge in [0, 0.05) is 18.8 Å². The van der Waals surface area contributed by atoms with Gasteiger partial charge in [0.25, 0.3) is 0 Å². The summed E-state index contributed by atoms with van der Waals surface area (Å²) in [5.41, 5.74) is 6.68. The number of piperidine rings is 1. The van der Waals surface area contributed by atoms with Crippen LogP contribution in [0.1, 0.15) is 43.1 Å². The highest BCUT2D eigenvalue weighted by Crippen LogP contribution is 2.47. The van der Waals surface area contributed by atoms with Crippen LogP contribution in [-0.4, -0.2) is 39.6 Å². The van der Waals surface area contributed by atoms with E-state index < -0.39 is 11.3 Å². The first kappa shape index (κ1) is 14.1. The first-order valence-electron chi connectivity index (χ1n) is 7.56. The molecule has 1 aromatic rings. The van der Waals surface area contributed by atoms with Crippen molar-refractivity contribution in [3.05, 3.63) is 17.5 Å². The van der Waals surface area contributed by atoms with Gasteiger partial charge in [-0.15, -0.1) is 0 Å². The smallest absolute Gasteiger partial charge is 0.238 e. The quantitative estimate of drug-likeness (QED) is 0.841. The number of carbonyl (C=O) groups excluding carboxylic acids is 2. The van der Waals surface area contributed by atoms with Crippen LogP contribution in [0, 0.1) is 19.3 Å². The summed E-state index contributed by atoms with van der Waals surface area (Å²) in [7, 11) is 0. The van der Waals surface area contributed by atoms with E-state index in [0.717, 1.165) is 24.2 Å². The molecule has 0 bridgehead atoms. The molecule has 1 saturated heterocycles. The van der Waals surface area contributed by atoms with Crippen LogP contribution >= 0.6 is 0 Å². The predicted molar refractivity (Wildman–Crippen MR) is 77.4 cm³/mol. The average Bonchev–Trinajstić information content (AvgIpc) is 3.19. The molecule has 114 valence electrons. The maximum Gasteiger partial charge on any atom is 0.238 e. The fourth-order valence-electron chi connectivity index (χ4n) is 3.32. The Balaban J connectivity index is 1.64. The van der Waals surface area contributed by atoms with E-state index in [4.69, 9.17) is 5.73 Å². The second-order valence-electron chi connectivity index (χ2n) is 6.34. The molecule has 2 N–H and O–H groups in total. The summed E-state index contributed by atoms with van der Waals surface area (Å²) >= 11 is 0. The minimum absolute atomic E-state index is 0.0678. The van der Waals surface area contributed by atoms with E-state index in [-0.39, 0.29) is 5.91 Å². The molecule has 1 saturated carbocycles. The van der Waals surface area contributed by atoms with E-state index in [0.29, 0.717) is 32.0 Å². The first-order valence-corrected chi connectivity index (χ1v) is 7.56. The topological polar surface area (TPSA) is 81.2 Å². The third kappa shape index (κ3) is 2.32. The van der Waals surface area contributed by atoms with Crippen LogP contribution in [0.3, 0.4) is 0 Å². The molecule has 21 heavy (non-hydrogen) atoms. The van der Waals surface area contributed by atoms with Crippen molar-refractivity contribution in [1.29, 1.82) is 0 Å². The highest BCUT2D eigenvalue weighted by atomic mass is 16.2. The lowest BCUT2D eigenvalue weighted by Crippen LogP contribution is -2.47. The van der Waals surface area contributed by atoms with E-state index >= 15 is 0 Å². The average molecular weight is 290 g/mol. The number of hydrogen-bond acceptors (Lipinski definition) is 3. The SMILES string of the molecule is Cc1cc(C)n(C2CCN(C(=O)C3(C(N)=O)CC3)CC2)n1. The highest BCUT2D eigenvalue weighted by Gasteiger charge is 2.57. The molecular formula is C15H22N4O2. The van der Waals surface area contributed by atoms with Crippen LogP contribution in [0.2, 0.25) is 0 Å². The zero-order valence-corrected chi connectivity index (χ0v) is 12.6. The van der Waals surface area contributed by atoms with Crippen molar-refractivity contribution in [3.8, 4) is 0 Å². The maximum atomic E-state index is 12.4. The Morgan fingerprint density at radius 3 is 2.33 bits per heavy atom. The highest BCUT2D eigenvalue weighted by molar-refractivity contribution is 6.07. The number of amides is 2. The molecule has 2 heterocycles. The van der Waals surface area contributed by atoms with Crippen molar-refractivity contribution in [2.75, 3.05) is 13.1 Å². The second kappa shape index (κ2) is 4.86. The zero-order valence-electron chi connectivity index (χ0n) is 12.6. The Hall–Kier alpha value is -1.85. The molecule has 1 aliphatic heterocycles. The summed E-state index contributed by atoms with van der Waals surface area (Å²) in [6.45, 7) is 5.41. The molecule has 0 radical (unpaired) electrons. The van der Waals surface area contributed by atoms with Gasteiger partial charge in [0.2, 0.25) is 11.8 Å². The van der Waals surface area contributed by atoms with Crippen LogP contribution in [0.5, 0.6) is 0 Å². The Labute approximate surface area is 124 Å². The van der Waals surface area contributed by atoms with E-state index in [1.807, 2.05) is 6.92 Å². The first-order chi connectivity index (χ1) is 9.94. The fraction of sp³-hybridized carbons (Fsp3) is 0.667. The number of nitrogens with zero attached hydrogens (tertiary/aromatic N) is 3. The molecule has 2 fully saturated rings. The number of hydrogen-bond donors (Lipinski definition) is 1. The lowest BCUT2D eigenvalue weighted by atomic mass is 10.00. The molecule has 0 aromatic carbocycles. The maximum absolute atomic E-state index is 12.4. The van der Waals surface area contributed by atoms with Gasteiger partial charge in [0.1, 0.15) is 5.41 Å². The van der Waals surface area contributed by atoms with Gasteiger partial charge in [-0.05, 0) is 45.6 Å². The normalized spacial score (nSPS) is 21.3. The Kier molecular flexibility index (Phi) is 3.26. The minimum atomic E-state index is -0.884. The summed E-state index contributed by atoms with van der Waals surface area (Å²) in [6, 6.07) is 2.41. The largest absolute Gasteiger partial charge is 0.369 e. The fourth-order valence-corrected chi connectivity index (χ4v) is 3.32. The van der Waals surface area contributed by atoms with Crippen LogP contribution in [0.4, 0.5) is 0 Å². The van der Waals surface area contributed by atoms with Gasteiger partial charge in [0.05, 0.1) is 11.7 Å². The number of nitrogens with two attached hydrogens (primary N) is 1. The van der Waals surface area contributed by atoms with E-state index in [9.17, 15) is 9.59 Å². The van der Waals surface area contributed by atoms with Gasteiger partial charge >= 0.3 is 0 Å². The zero-order chi connectivity index (χ0) is 15.2. The van der Waals surface area contributed by atoms with Crippen LogP contribution in [0.15, 0.2) is 6.07 Å². The number of aromatic nitrogens is 2. The number of primary amides is 1. The number of rotatable bonds is 3. The van der Waals surface area contributed by atoms with Gasteiger partial charge in [-0.1, -0.05) is 0 Å². The van der Waals surface area contributed by atoms with Gasteiger partial charge < -0.3 is 10.6 Å². The van der Waals surface area contributed by atoms with Crippen molar-refractivity contribution in [2.45, 2.75) is 45.6 Å². The van der Waals surface area contributed by atoms with Crippen molar-refractivity contribution >= 4 is 11.8 Å². The summed E-state index contributed by atoms with van der Waals surface area (Å²) in [4.78, 5) is 25.7. The summed E-state index contributed by atoms with van der Waals surface area (Å²) in [6.07, 6.45) is 2.97. The summed E-state index contributed by atoms with van der Waals surface area (Å²) in [5, 5.41) is 4.53. The lowest BCUT2D eigenvalue weighted by molar-refractivity contribution is -0.144. The van der Waals surface area contributed by atoms with Gasteiger partial charge in [-0.25, -0.2) is 0 Å². The van der Waals surface area contributed by atoms with E-state index in [2.05, 4.69) is 22.8 Å². The van der Waals surface area contributed by atoms with Crippen molar-refractivity contribution in [2.24, 2.45) is 11.1 Å². The Morgan fingerprint density at radius 1 is 1.29 bits per heavy atom. The van der Waals surface area contributed by atoms with Crippen molar-refractivity contribution in [1.82, 2.24) is 14.7 Å². The van der Waals surface area contributed by atoms with Gasteiger partial charge in [-0.3, -0.25) is 14.3 Å².